The van der Waals surface area contributed by atoms with E-state index in [-0.39, 0.29) is 0 Å². The van der Waals surface area contributed by atoms with Gasteiger partial charge in [-0.05, 0) is 62.1 Å². The Morgan fingerprint density at radius 2 is 2.12 bits per heavy atom. The summed E-state index contributed by atoms with van der Waals surface area (Å²) in [5.41, 5.74) is 0.659. The van der Waals surface area contributed by atoms with E-state index in [1.165, 1.54) is 51.5 Å². The molecule has 1 aromatic rings. The van der Waals surface area contributed by atoms with Gasteiger partial charge in [-0.25, -0.2) is 0 Å². The first-order valence-electron chi connectivity index (χ1n) is 7.08. The summed E-state index contributed by atoms with van der Waals surface area (Å²) in [6.07, 6.45) is 9.91. The molecule has 1 N–H and O–H groups in total. The first-order chi connectivity index (χ1) is 8.35. The molecule has 1 saturated carbocycles. The van der Waals surface area contributed by atoms with Crippen molar-refractivity contribution in [1.82, 2.24) is 5.32 Å². The fraction of sp³-hybridized carbons (Fsp3) is 0.733. The quantitative estimate of drug-likeness (QED) is 0.715. The second-order valence-electron chi connectivity index (χ2n) is 5.39. The van der Waals surface area contributed by atoms with E-state index in [0.717, 1.165) is 6.54 Å². The van der Waals surface area contributed by atoms with Gasteiger partial charge in [0.1, 0.15) is 0 Å². The third-order valence-electron chi connectivity index (χ3n) is 4.23. The van der Waals surface area contributed by atoms with Gasteiger partial charge in [-0.1, -0.05) is 25.8 Å². The van der Waals surface area contributed by atoms with Gasteiger partial charge in [0.15, 0.2) is 0 Å². The van der Waals surface area contributed by atoms with Crippen molar-refractivity contribution >= 4 is 11.3 Å². The van der Waals surface area contributed by atoms with Gasteiger partial charge in [-0.15, -0.1) is 11.3 Å². The van der Waals surface area contributed by atoms with Crippen molar-refractivity contribution in [2.24, 2.45) is 5.41 Å². The molecule has 0 aromatic carbocycles. The Balaban J connectivity index is 1.83. The van der Waals surface area contributed by atoms with E-state index in [2.05, 4.69) is 29.8 Å². The molecule has 0 spiro atoms. The van der Waals surface area contributed by atoms with Crippen LogP contribution in [0.2, 0.25) is 0 Å². The lowest BCUT2D eigenvalue weighted by Gasteiger charge is -2.29. The molecule has 1 fully saturated rings. The molecule has 17 heavy (non-hydrogen) atoms. The molecule has 1 nitrogen and oxygen atoms in total. The highest BCUT2D eigenvalue weighted by Gasteiger charge is 2.32. The lowest BCUT2D eigenvalue weighted by molar-refractivity contribution is 0.246. The highest BCUT2D eigenvalue weighted by Crippen LogP contribution is 2.44. The average molecular weight is 251 g/mol. The molecule has 0 amide bonds. The molecular weight excluding hydrogens is 226 g/mol. The van der Waals surface area contributed by atoms with Crippen LogP contribution in [0.1, 0.15) is 50.3 Å². The zero-order valence-corrected chi connectivity index (χ0v) is 11.8. The molecule has 0 radical (unpaired) electrons. The van der Waals surface area contributed by atoms with Gasteiger partial charge in [-0.2, -0.15) is 0 Å². The largest absolute Gasteiger partial charge is 0.317 e. The third kappa shape index (κ3) is 3.82. The van der Waals surface area contributed by atoms with Gasteiger partial charge >= 0.3 is 0 Å². The number of nitrogens with one attached hydrogen (secondary N) is 1. The van der Waals surface area contributed by atoms with Crippen LogP contribution in [0.15, 0.2) is 17.5 Å². The predicted molar refractivity (Wildman–Crippen MR) is 76.7 cm³/mol. The molecule has 1 aliphatic rings. The number of aryl methyl sites for hydroxylation is 1. The Labute approximate surface area is 110 Å². The Morgan fingerprint density at radius 3 is 2.76 bits per heavy atom. The lowest BCUT2D eigenvalue weighted by atomic mass is 9.78. The number of thiophene rings is 1. The van der Waals surface area contributed by atoms with E-state index in [1.807, 2.05) is 11.3 Å². The number of rotatable bonds is 7. The van der Waals surface area contributed by atoms with Crippen molar-refractivity contribution in [3.05, 3.63) is 22.4 Å². The fourth-order valence-corrected chi connectivity index (χ4v) is 3.83. The summed E-state index contributed by atoms with van der Waals surface area (Å²) >= 11 is 1.92. The van der Waals surface area contributed by atoms with Gasteiger partial charge in [-0.3, -0.25) is 0 Å². The molecule has 96 valence electrons. The van der Waals surface area contributed by atoms with E-state index in [4.69, 9.17) is 0 Å². The Hall–Kier alpha value is -0.340. The maximum absolute atomic E-state index is 3.50. The van der Waals surface area contributed by atoms with Crippen molar-refractivity contribution in [2.45, 2.75) is 51.9 Å². The maximum Gasteiger partial charge on any atom is 0.00454 e. The zero-order chi connectivity index (χ0) is 12.0. The maximum atomic E-state index is 3.50. The van der Waals surface area contributed by atoms with E-state index in [9.17, 15) is 0 Å². The van der Waals surface area contributed by atoms with Gasteiger partial charge in [0.2, 0.25) is 0 Å². The lowest BCUT2D eigenvalue weighted by Crippen LogP contribution is -2.25. The topological polar surface area (TPSA) is 12.0 Å². The predicted octanol–water partition coefficient (Wildman–Crippen LogP) is 4.24. The Morgan fingerprint density at radius 1 is 1.29 bits per heavy atom. The van der Waals surface area contributed by atoms with Crippen LogP contribution in [-0.4, -0.2) is 13.1 Å². The van der Waals surface area contributed by atoms with Gasteiger partial charge < -0.3 is 5.32 Å². The summed E-state index contributed by atoms with van der Waals surface area (Å²) in [5.74, 6) is 0. The highest BCUT2D eigenvalue weighted by molar-refractivity contribution is 7.09. The second kappa shape index (κ2) is 6.55. The number of hydrogen-bond acceptors (Lipinski definition) is 2. The van der Waals surface area contributed by atoms with Crippen molar-refractivity contribution in [3.63, 3.8) is 0 Å². The second-order valence-corrected chi connectivity index (χ2v) is 6.42. The Kier molecular flexibility index (Phi) is 5.05. The van der Waals surface area contributed by atoms with E-state index < -0.39 is 0 Å². The van der Waals surface area contributed by atoms with E-state index in [1.54, 1.807) is 4.88 Å². The van der Waals surface area contributed by atoms with Crippen molar-refractivity contribution in [3.8, 4) is 0 Å². The van der Waals surface area contributed by atoms with Gasteiger partial charge in [0, 0.05) is 4.88 Å². The molecule has 0 atom stereocenters. The molecule has 2 rings (SSSR count). The van der Waals surface area contributed by atoms with Crippen LogP contribution in [0.25, 0.3) is 0 Å². The minimum Gasteiger partial charge on any atom is -0.317 e. The highest BCUT2D eigenvalue weighted by atomic mass is 32.1. The molecule has 1 heterocycles. The summed E-state index contributed by atoms with van der Waals surface area (Å²) in [5, 5.41) is 5.70. The molecular formula is C15H25NS. The van der Waals surface area contributed by atoms with Crippen LogP contribution >= 0.6 is 11.3 Å². The van der Waals surface area contributed by atoms with Crippen molar-refractivity contribution in [2.75, 3.05) is 13.1 Å². The van der Waals surface area contributed by atoms with E-state index >= 15 is 0 Å². The summed E-state index contributed by atoms with van der Waals surface area (Å²) in [7, 11) is 0. The van der Waals surface area contributed by atoms with Crippen molar-refractivity contribution in [1.29, 1.82) is 0 Å². The summed E-state index contributed by atoms with van der Waals surface area (Å²) in [6.45, 7) is 4.52. The summed E-state index contributed by atoms with van der Waals surface area (Å²) in [6, 6.07) is 4.47. The SMILES string of the molecule is CCNCCC1(CCc2cccs2)CCCC1. The summed E-state index contributed by atoms with van der Waals surface area (Å²) in [4.78, 5) is 1.57. The van der Waals surface area contributed by atoms with Crippen LogP contribution in [0, 0.1) is 5.41 Å². The van der Waals surface area contributed by atoms with Gasteiger partial charge in [0.25, 0.3) is 0 Å². The smallest absolute Gasteiger partial charge is 0.00454 e. The third-order valence-corrected chi connectivity index (χ3v) is 5.16. The molecule has 0 bridgehead atoms. The Bertz CT molecular complexity index is 299. The minimum atomic E-state index is 0.659. The van der Waals surface area contributed by atoms with Crippen molar-refractivity contribution < 1.29 is 0 Å². The molecule has 0 unspecified atom stereocenters. The molecule has 0 saturated heterocycles. The van der Waals surface area contributed by atoms with Crippen LogP contribution in [0.3, 0.4) is 0 Å². The van der Waals surface area contributed by atoms with E-state index in [0.29, 0.717) is 5.41 Å². The van der Waals surface area contributed by atoms with Crippen LogP contribution in [0.4, 0.5) is 0 Å². The van der Waals surface area contributed by atoms with Crippen LogP contribution in [-0.2, 0) is 6.42 Å². The monoisotopic (exact) mass is 251 g/mol. The van der Waals surface area contributed by atoms with Crippen LogP contribution < -0.4 is 5.32 Å². The normalized spacial score (nSPS) is 18.6. The molecule has 1 aromatic heterocycles. The molecule has 2 heteroatoms. The van der Waals surface area contributed by atoms with Gasteiger partial charge in [0.05, 0.1) is 0 Å². The average Bonchev–Trinajstić information content (AvgIpc) is 2.99. The first kappa shape index (κ1) is 13.1. The zero-order valence-electron chi connectivity index (χ0n) is 11.0. The first-order valence-corrected chi connectivity index (χ1v) is 7.96. The molecule has 0 aliphatic heterocycles. The summed E-state index contributed by atoms with van der Waals surface area (Å²) < 4.78 is 0. The van der Waals surface area contributed by atoms with Crippen LogP contribution in [0.5, 0.6) is 0 Å². The standard InChI is InChI=1S/C15H25NS/c1-2-16-12-11-15(8-3-4-9-15)10-7-14-6-5-13-17-14/h5-6,13,16H,2-4,7-12H2,1H3. The molecule has 1 aliphatic carbocycles. The number of hydrogen-bond donors (Lipinski definition) is 1. The fourth-order valence-electron chi connectivity index (χ4n) is 3.12. The minimum absolute atomic E-state index is 0.659.